The molecule has 2 aromatic carbocycles. The molecule has 0 heterocycles. The topological polar surface area (TPSA) is 78.3 Å². The number of benzene rings is 2. The number of nitrogens with two attached hydrogens (primary N) is 2. The van der Waals surface area contributed by atoms with Crippen LogP contribution in [0.3, 0.4) is 0 Å². The Morgan fingerprint density at radius 2 is 1.95 bits per heavy atom. The van der Waals surface area contributed by atoms with Crippen LogP contribution >= 0.6 is 11.6 Å². The number of halogens is 1. The second-order valence-electron chi connectivity index (χ2n) is 4.13. The Labute approximate surface area is 115 Å². The summed E-state index contributed by atoms with van der Waals surface area (Å²) in [4.78, 5) is 11.1. The van der Waals surface area contributed by atoms with E-state index in [1.165, 1.54) is 6.07 Å². The molecular weight excluding hydrogens is 264 g/mol. The molecule has 0 aliphatic carbocycles. The molecular formula is C14H13ClN2O2. The van der Waals surface area contributed by atoms with Crippen LogP contribution in [-0.4, -0.2) is 5.91 Å². The van der Waals surface area contributed by atoms with Crippen molar-refractivity contribution in [2.75, 3.05) is 5.73 Å². The van der Waals surface area contributed by atoms with E-state index in [0.29, 0.717) is 27.8 Å². The van der Waals surface area contributed by atoms with Gasteiger partial charge >= 0.3 is 0 Å². The summed E-state index contributed by atoms with van der Waals surface area (Å²) in [7, 11) is 0. The minimum atomic E-state index is -0.530. The Kier molecular flexibility index (Phi) is 3.62. The highest BCUT2D eigenvalue weighted by atomic mass is 35.5. The standard InChI is InChI=1S/C14H13ClN2O2/c1-8-6-10(3-4-11(8)15)19-13-7-9(14(17)18)2-5-12(13)16/h2-7H,16H2,1H3,(H2,17,18). The summed E-state index contributed by atoms with van der Waals surface area (Å²) in [6, 6.07) is 9.90. The summed E-state index contributed by atoms with van der Waals surface area (Å²) < 4.78 is 5.64. The number of ether oxygens (including phenoxy) is 1. The lowest BCUT2D eigenvalue weighted by Crippen LogP contribution is -2.11. The summed E-state index contributed by atoms with van der Waals surface area (Å²) in [5, 5.41) is 0.659. The van der Waals surface area contributed by atoms with Crippen LogP contribution in [0.4, 0.5) is 5.69 Å². The van der Waals surface area contributed by atoms with Crippen LogP contribution in [-0.2, 0) is 0 Å². The molecule has 0 atom stereocenters. The van der Waals surface area contributed by atoms with Crippen molar-refractivity contribution in [3.63, 3.8) is 0 Å². The van der Waals surface area contributed by atoms with E-state index in [2.05, 4.69) is 0 Å². The fraction of sp³-hybridized carbons (Fsp3) is 0.0714. The minimum Gasteiger partial charge on any atom is -0.455 e. The summed E-state index contributed by atoms with van der Waals surface area (Å²) >= 11 is 5.94. The largest absolute Gasteiger partial charge is 0.455 e. The summed E-state index contributed by atoms with van der Waals surface area (Å²) in [5.41, 5.74) is 12.7. The Morgan fingerprint density at radius 1 is 1.21 bits per heavy atom. The van der Waals surface area contributed by atoms with Gasteiger partial charge < -0.3 is 16.2 Å². The SMILES string of the molecule is Cc1cc(Oc2cc(C(N)=O)ccc2N)ccc1Cl. The zero-order valence-electron chi connectivity index (χ0n) is 10.3. The van der Waals surface area contributed by atoms with E-state index in [9.17, 15) is 4.79 Å². The lowest BCUT2D eigenvalue weighted by molar-refractivity contribution is 0.1000. The van der Waals surface area contributed by atoms with Gasteiger partial charge in [0.25, 0.3) is 0 Å². The van der Waals surface area contributed by atoms with E-state index in [1.54, 1.807) is 30.3 Å². The van der Waals surface area contributed by atoms with E-state index in [-0.39, 0.29) is 0 Å². The van der Waals surface area contributed by atoms with Crippen LogP contribution < -0.4 is 16.2 Å². The molecule has 0 radical (unpaired) electrons. The Balaban J connectivity index is 2.34. The Hall–Kier alpha value is -2.20. The highest BCUT2D eigenvalue weighted by Crippen LogP contribution is 2.30. The average molecular weight is 277 g/mol. The quantitative estimate of drug-likeness (QED) is 0.846. The van der Waals surface area contributed by atoms with Gasteiger partial charge in [0.2, 0.25) is 5.91 Å². The lowest BCUT2D eigenvalue weighted by Gasteiger charge is -2.10. The molecule has 0 fully saturated rings. The molecule has 0 aliphatic rings. The van der Waals surface area contributed by atoms with Gasteiger partial charge in [0.1, 0.15) is 5.75 Å². The van der Waals surface area contributed by atoms with Gasteiger partial charge in [-0.15, -0.1) is 0 Å². The number of rotatable bonds is 3. The van der Waals surface area contributed by atoms with Crippen LogP contribution in [0, 0.1) is 6.92 Å². The molecule has 19 heavy (non-hydrogen) atoms. The molecule has 2 aromatic rings. The molecule has 0 saturated heterocycles. The maximum Gasteiger partial charge on any atom is 0.248 e. The van der Waals surface area contributed by atoms with Crippen molar-refractivity contribution in [2.24, 2.45) is 5.73 Å². The maximum absolute atomic E-state index is 11.1. The van der Waals surface area contributed by atoms with Crippen molar-refractivity contribution < 1.29 is 9.53 Å². The molecule has 0 spiro atoms. The van der Waals surface area contributed by atoms with Crippen molar-refractivity contribution in [3.05, 3.63) is 52.5 Å². The molecule has 1 amide bonds. The first-order chi connectivity index (χ1) is 8.97. The molecule has 0 saturated carbocycles. The third kappa shape index (κ3) is 2.98. The summed E-state index contributed by atoms with van der Waals surface area (Å²) in [5.74, 6) is 0.449. The molecule has 2 rings (SSSR count). The Morgan fingerprint density at radius 3 is 2.58 bits per heavy atom. The number of carbonyl (C=O) groups excluding carboxylic acids is 1. The van der Waals surface area contributed by atoms with Crippen LogP contribution in [0.15, 0.2) is 36.4 Å². The molecule has 4 N–H and O–H groups in total. The van der Waals surface area contributed by atoms with Crippen LogP contribution in [0.1, 0.15) is 15.9 Å². The second-order valence-corrected chi connectivity index (χ2v) is 4.54. The van der Waals surface area contributed by atoms with Crippen molar-refractivity contribution >= 4 is 23.2 Å². The molecule has 5 heteroatoms. The predicted molar refractivity (Wildman–Crippen MR) is 75.6 cm³/mol. The molecule has 0 aliphatic heterocycles. The number of aryl methyl sites for hydroxylation is 1. The van der Waals surface area contributed by atoms with Crippen LogP contribution in [0.25, 0.3) is 0 Å². The van der Waals surface area contributed by atoms with Gasteiger partial charge in [-0.1, -0.05) is 11.6 Å². The monoisotopic (exact) mass is 276 g/mol. The van der Waals surface area contributed by atoms with Gasteiger partial charge in [0.05, 0.1) is 5.69 Å². The zero-order valence-corrected chi connectivity index (χ0v) is 11.1. The first-order valence-corrected chi connectivity index (χ1v) is 5.98. The first kappa shape index (κ1) is 13.2. The van der Waals surface area contributed by atoms with E-state index in [0.717, 1.165) is 5.56 Å². The Bertz CT molecular complexity index is 641. The van der Waals surface area contributed by atoms with Gasteiger partial charge in [-0.2, -0.15) is 0 Å². The van der Waals surface area contributed by atoms with Gasteiger partial charge in [0, 0.05) is 10.6 Å². The molecule has 0 aromatic heterocycles. The number of anilines is 1. The molecule has 0 unspecified atom stereocenters. The maximum atomic E-state index is 11.1. The van der Waals surface area contributed by atoms with Crippen molar-refractivity contribution in [1.82, 2.24) is 0 Å². The van der Waals surface area contributed by atoms with Crippen LogP contribution in [0.2, 0.25) is 5.02 Å². The van der Waals surface area contributed by atoms with Crippen LogP contribution in [0.5, 0.6) is 11.5 Å². The number of amides is 1. The van der Waals surface area contributed by atoms with Crippen molar-refractivity contribution in [2.45, 2.75) is 6.92 Å². The molecule has 4 nitrogen and oxygen atoms in total. The fourth-order valence-corrected chi connectivity index (χ4v) is 1.70. The number of hydrogen-bond acceptors (Lipinski definition) is 3. The first-order valence-electron chi connectivity index (χ1n) is 5.60. The number of nitrogen functional groups attached to an aromatic ring is 1. The third-order valence-electron chi connectivity index (χ3n) is 2.66. The number of primary amides is 1. The van der Waals surface area contributed by atoms with E-state index in [1.807, 2.05) is 6.92 Å². The third-order valence-corrected chi connectivity index (χ3v) is 3.08. The second kappa shape index (κ2) is 5.20. The van der Waals surface area contributed by atoms with Crippen molar-refractivity contribution in [3.8, 4) is 11.5 Å². The normalized spacial score (nSPS) is 10.2. The van der Waals surface area contributed by atoms with Gasteiger partial charge in [-0.05, 0) is 48.9 Å². The van der Waals surface area contributed by atoms with Crippen molar-refractivity contribution in [1.29, 1.82) is 0 Å². The van der Waals surface area contributed by atoms with E-state index in [4.69, 9.17) is 27.8 Å². The summed E-state index contributed by atoms with van der Waals surface area (Å²) in [6.07, 6.45) is 0. The van der Waals surface area contributed by atoms with Gasteiger partial charge in [-0.3, -0.25) is 4.79 Å². The zero-order chi connectivity index (χ0) is 14.0. The fourth-order valence-electron chi connectivity index (χ4n) is 1.58. The van der Waals surface area contributed by atoms with E-state index < -0.39 is 5.91 Å². The molecule has 0 bridgehead atoms. The highest BCUT2D eigenvalue weighted by molar-refractivity contribution is 6.31. The predicted octanol–water partition coefficient (Wildman–Crippen LogP) is 3.12. The van der Waals surface area contributed by atoms with Gasteiger partial charge in [0.15, 0.2) is 5.75 Å². The molecule has 98 valence electrons. The number of hydrogen-bond donors (Lipinski definition) is 2. The highest BCUT2D eigenvalue weighted by Gasteiger charge is 2.08. The van der Waals surface area contributed by atoms with Gasteiger partial charge in [-0.25, -0.2) is 0 Å². The summed E-state index contributed by atoms with van der Waals surface area (Å²) in [6.45, 7) is 1.87. The number of carbonyl (C=O) groups is 1. The smallest absolute Gasteiger partial charge is 0.248 e. The lowest BCUT2D eigenvalue weighted by atomic mass is 10.2. The average Bonchev–Trinajstić information content (AvgIpc) is 2.36. The van der Waals surface area contributed by atoms with E-state index >= 15 is 0 Å². The minimum absolute atomic E-state index is 0.342.